The predicted octanol–water partition coefficient (Wildman–Crippen LogP) is 2.78. The zero-order valence-corrected chi connectivity index (χ0v) is 9.68. The molecule has 0 spiro atoms. The van der Waals surface area contributed by atoms with Crippen molar-refractivity contribution in [2.75, 3.05) is 12.4 Å². The number of methoxy groups -OCH3 is 1. The van der Waals surface area contributed by atoms with E-state index in [0.29, 0.717) is 22.4 Å². The van der Waals surface area contributed by atoms with Crippen LogP contribution in [0.4, 0.5) is 0 Å². The van der Waals surface area contributed by atoms with Gasteiger partial charge in [-0.25, -0.2) is 4.79 Å². The highest BCUT2D eigenvalue weighted by atomic mass is 79.9. The summed E-state index contributed by atoms with van der Waals surface area (Å²) in [6.45, 7) is 5.51. The molecule has 0 unspecified atom stereocenters. The monoisotopic (exact) mass is 258 g/mol. The van der Waals surface area contributed by atoms with Crippen LogP contribution < -0.4 is 0 Å². The minimum Gasteiger partial charge on any atom is -0.465 e. The van der Waals surface area contributed by atoms with Crippen molar-refractivity contribution in [1.29, 1.82) is 0 Å². The van der Waals surface area contributed by atoms with Crippen LogP contribution in [-0.2, 0) is 4.74 Å². The van der Waals surface area contributed by atoms with Gasteiger partial charge < -0.3 is 9.15 Å². The van der Waals surface area contributed by atoms with Gasteiger partial charge in [-0.15, -0.1) is 0 Å². The van der Waals surface area contributed by atoms with Crippen LogP contribution in [0.1, 0.15) is 21.9 Å². The summed E-state index contributed by atoms with van der Waals surface area (Å²) in [5.41, 5.74) is 1.24. The average Bonchev–Trinajstić information content (AvgIpc) is 2.58. The number of esters is 1. The van der Waals surface area contributed by atoms with Gasteiger partial charge in [0.1, 0.15) is 17.1 Å². The van der Waals surface area contributed by atoms with E-state index < -0.39 is 0 Å². The molecule has 1 aromatic rings. The SMILES string of the molecule is C=C(CBr)c1cc(C(=O)OC)c(C)o1. The number of ether oxygens (including phenoxy) is 1. The lowest BCUT2D eigenvalue weighted by atomic mass is 10.2. The molecule has 4 heteroatoms. The maximum absolute atomic E-state index is 11.2. The van der Waals surface area contributed by atoms with E-state index in [0.717, 1.165) is 5.57 Å². The molecule has 0 aliphatic heterocycles. The van der Waals surface area contributed by atoms with Crippen LogP contribution >= 0.6 is 15.9 Å². The third-order valence-corrected chi connectivity index (χ3v) is 2.51. The average molecular weight is 259 g/mol. The van der Waals surface area contributed by atoms with Gasteiger partial charge in [-0.05, 0) is 18.6 Å². The van der Waals surface area contributed by atoms with Gasteiger partial charge >= 0.3 is 5.97 Å². The number of carbonyl (C=O) groups excluding carboxylic acids is 1. The van der Waals surface area contributed by atoms with Crippen LogP contribution in [0.15, 0.2) is 17.1 Å². The standard InChI is InChI=1S/C10H11BrO3/c1-6(5-11)9-4-8(7(2)14-9)10(12)13-3/h4H,1,5H2,2-3H3. The third-order valence-electron chi connectivity index (χ3n) is 1.83. The van der Waals surface area contributed by atoms with Crippen molar-refractivity contribution in [3.8, 4) is 0 Å². The van der Waals surface area contributed by atoms with Gasteiger partial charge in [0.15, 0.2) is 0 Å². The molecule has 0 aliphatic carbocycles. The van der Waals surface area contributed by atoms with Crippen molar-refractivity contribution in [3.05, 3.63) is 29.7 Å². The summed E-state index contributed by atoms with van der Waals surface area (Å²) >= 11 is 3.26. The van der Waals surface area contributed by atoms with Crippen LogP contribution in [0.5, 0.6) is 0 Å². The second kappa shape index (κ2) is 4.46. The molecular formula is C10H11BrO3. The first-order valence-electron chi connectivity index (χ1n) is 4.03. The zero-order valence-electron chi connectivity index (χ0n) is 8.09. The molecule has 0 amide bonds. The molecule has 0 saturated heterocycles. The molecule has 1 aromatic heterocycles. The molecule has 0 bridgehead atoms. The summed E-state index contributed by atoms with van der Waals surface area (Å²) in [6.07, 6.45) is 0. The Morgan fingerprint density at radius 2 is 2.36 bits per heavy atom. The molecule has 0 radical (unpaired) electrons. The summed E-state index contributed by atoms with van der Waals surface area (Å²) in [6, 6.07) is 1.64. The highest BCUT2D eigenvalue weighted by Crippen LogP contribution is 2.22. The minimum atomic E-state index is -0.389. The number of carbonyl (C=O) groups is 1. The molecule has 14 heavy (non-hydrogen) atoms. The summed E-state index contributed by atoms with van der Waals surface area (Å²) in [4.78, 5) is 11.2. The summed E-state index contributed by atoms with van der Waals surface area (Å²) in [7, 11) is 1.34. The molecule has 76 valence electrons. The van der Waals surface area contributed by atoms with Crippen LogP contribution in [0.25, 0.3) is 5.57 Å². The molecule has 0 fully saturated rings. The van der Waals surface area contributed by atoms with Gasteiger partial charge in [-0.1, -0.05) is 22.5 Å². The van der Waals surface area contributed by atoms with E-state index in [1.807, 2.05) is 0 Å². The van der Waals surface area contributed by atoms with Crippen molar-refractivity contribution < 1.29 is 13.9 Å². The first kappa shape index (κ1) is 11.0. The van der Waals surface area contributed by atoms with Crippen molar-refractivity contribution in [3.63, 3.8) is 0 Å². The molecule has 0 N–H and O–H groups in total. The number of halogens is 1. The van der Waals surface area contributed by atoms with Gasteiger partial charge in [0.2, 0.25) is 0 Å². The lowest BCUT2D eigenvalue weighted by Gasteiger charge is -1.93. The van der Waals surface area contributed by atoms with Gasteiger partial charge in [-0.3, -0.25) is 0 Å². The Kier molecular flexibility index (Phi) is 3.52. The number of hydrogen-bond donors (Lipinski definition) is 0. The fraction of sp³-hybridized carbons (Fsp3) is 0.300. The van der Waals surface area contributed by atoms with Crippen LogP contribution in [0.2, 0.25) is 0 Å². The van der Waals surface area contributed by atoms with Crippen LogP contribution in [-0.4, -0.2) is 18.4 Å². The van der Waals surface area contributed by atoms with Crippen LogP contribution in [0.3, 0.4) is 0 Å². The number of rotatable bonds is 3. The molecule has 0 aromatic carbocycles. The maximum atomic E-state index is 11.2. The lowest BCUT2D eigenvalue weighted by molar-refractivity contribution is 0.0599. The summed E-state index contributed by atoms with van der Waals surface area (Å²) < 4.78 is 9.96. The first-order valence-corrected chi connectivity index (χ1v) is 5.15. The van der Waals surface area contributed by atoms with E-state index in [4.69, 9.17) is 4.42 Å². The Morgan fingerprint density at radius 1 is 1.71 bits per heavy atom. The number of furan rings is 1. The fourth-order valence-electron chi connectivity index (χ4n) is 1.03. The van der Waals surface area contributed by atoms with E-state index in [1.165, 1.54) is 7.11 Å². The normalized spacial score (nSPS) is 9.93. The number of alkyl halides is 1. The zero-order chi connectivity index (χ0) is 10.7. The van der Waals surface area contributed by atoms with E-state index >= 15 is 0 Å². The highest BCUT2D eigenvalue weighted by molar-refractivity contribution is 9.09. The van der Waals surface area contributed by atoms with Crippen molar-refractivity contribution in [2.24, 2.45) is 0 Å². The first-order chi connectivity index (χ1) is 6.60. The molecule has 0 atom stereocenters. The molecule has 1 rings (SSSR count). The van der Waals surface area contributed by atoms with Gasteiger partial charge in [0.05, 0.1) is 7.11 Å². The second-order valence-electron chi connectivity index (χ2n) is 2.81. The fourth-order valence-corrected chi connectivity index (χ4v) is 1.31. The molecule has 1 heterocycles. The van der Waals surface area contributed by atoms with E-state index in [2.05, 4.69) is 27.2 Å². The summed E-state index contributed by atoms with van der Waals surface area (Å²) in [5, 5.41) is 0.612. The number of aryl methyl sites for hydroxylation is 1. The van der Waals surface area contributed by atoms with Crippen LogP contribution in [0, 0.1) is 6.92 Å². The molecule has 3 nitrogen and oxygen atoms in total. The largest absolute Gasteiger partial charge is 0.465 e. The predicted molar refractivity (Wildman–Crippen MR) is 57.6 cm³/mol. The Morgan fingerprint density at radius 3 is 2.86 bits per heavy atom. The Bertz CT molecular complexity index is 365. The van der Waals surface area contributed by atoms with Crippen molar-refractivity contribution in [1.82, 2.24) is 0 Å². The molecule has 0 saturated carbocycles. The maximum Gasteiger partial charge on any atom is 0.341 e. The van der Waals surface area contributed by atoms with Crippen molar-refractivity contribution in [2.45, 2.75) is 6.92 Å². The molecule has 0 aliphatic rings. The number of hydrogen-bond acceptors (Lipinski definition) is 3. The second-order valence-corrected chi connectivity index (χ2v) is 3.37. The Labute approximate surface area is 90.9 Å². The molecular weight excluding hydrogens is 248 g/mol. The van der Waals surface area contributed by atoms with Gasteiger partial charge in [-0.2, -0.15) is 0 Å². The quantitative estimate of drug-likeness (QED) is 0.619. The van der Waals surface area contributed by atoms with Gasteiger partial charge in [0.25, 0.3) is 0 Å². The number of allylic oxidation sites excluding steroid dienone is 1. The highest BCUT2D eigenvalue weighted by Gasteiger charge is 2.15. The van der Waals surface area contributed by atoms with Crippen molar-refractivity contribution >= 4 is 27.5 Å². The van der Waals surface area contributed by atoms with E-state index in [-0.39, 0.29) is 5.97 Å². The topological polar surface area (TPSA) is 39.4 Å². The Hall–Kier alpha value is -1.03. The summed E-state index contributed by atoms with van der Waals surface area (Å²) in [5.74, 6) is 0.772. The van der Waals surface area contributed by atoms with Gasteiger partial charge in [0, 0.05) is 5.33 Å². The van der Waals surface area contributed by atoms with E-state index in [1.54, 1.807) is 13.0 Å². The van der Waals surface area contributed by atoms with E-state index in [9.17, 15) is 4.79 Å². The Balaban J connectivity index is 3.05. The third kappa shape index (κ3) is 2.07. The smallest absolute Gasteiger partial charge is 0.341 e. The lowest BCUT2D eigenvalue weighted by Crippen LogP contribution is -2.00. The minimum absolute atomic E-state index is 0.389.